The van der Waals surface area contributed by atoms with Crippen LogP contribution in [0, 0.1) is 12.7 Å². The molecule has 0 aliphatic rings. The van der Waals surface area contributed by atoms with Gasteiger partial charge in [-0.3, -0.25) is 13.9 Å². The molecule has 220 valence electrons. The molecule has 0 spiro atoms. The standard InChI is InChI=1S/C32H40FN3O4S/c1-7-24(5)34-32(38)25(6)35(20-26-10-14-28(33)15-11-26)31(37)21-36(29-16-12-27(13-17-29)22(2)3)41(39,40)30-18-8-23(4)9-19-30/h8-19,22,24-25H,7,20-21H2,1-6H3,(H,34,38)/t24-,25-/m0/s1. The van der Waals surface area contributed by atoms with Crippen LogP contribution in [0.1, 0.15) is 63.6 Å². The fourth-order valence-electron chi connectivity index (χ4n) is 4.23. The van der Waals surface area contributed by atoms with Crippen LogP contribution in [0.25, 0.3) is 0 Å². The van der Waals surface area contributed by atoms with Gasteiger partial charge in [-0.15, -0.1) is 0 Å². The summed E-state index contributed by atoms with van der Waals surface area (Å²) in [5.74, 6) is -1.10. The van der Waals surface area contributed by atoms with Gasteiger partial charge in [-0.25, -0.2) is 12.8 Å². The Labute approximate surface area is 243 Å². The number of aryl methyl sites for hydroxylation is 1. The Morgan fingerprint density at radius 2 is 1.46 bits per heavy atom. The summed E-state index contributed by atoms with van der Waals surface area (Å²) in [5, 5.41) is 2.90. The Morgan fingerprint density at radius 1 is 0.878 bits per heavy atom. The predicted molar refractivity (Wildman–Crippen MR) is 161 cm³/mol. The van der Waals surface area contributed by atoms with Crippen LogP contribution in [-0.4, -0.2) is 43.8 Å². The van der Waals surface area contributed by atoms with Crippen LogP contribution < -0.4 is 9.62 Å². The van der Waals surface area contributed by atoms with E-state index in [9.17, 15) is 22.4 Å². The fraction of sp³-hybridized carbons (Fsp3) is 0.375. The van der Waals surface area contributed by atoms with E-state index in [-0.39, 0.29) is 29.3 Å². The highest BCUT2D eigenvalue weighted by Gasteiger charge is 2.32. The van der Waals surface area contributed by atoms with E-state index in [1.807, 2.05) is 46.8 Å². The zero-order chi connectivity index (χ0) is 30.3. The molecule has 3 aromatic rings. The quantitative estimate of drug-likeness (QED) is 0.294. The van der Waals surface area contributed by atoms with Gasteiger partial charge < -0.3 is 10.2 Å². The number of rotatable bonds is 12. The van der Waals surface area contributed by atoms with E-state index in [1.54, 1.807) is 43.3 Å². The van der Waals surface area contributed by atoms with E-state index in [1.165, 1.54) is 29.2 Å². The maximum Gasteiger partial charge on any atom is 0.264 e. The van der Waals surface area contributed by atoms with Gasteiger partial charge in [0.15, 0.2) is 0 Å². The Kier molecular flexibility index (Phi) is 10.7. The van der Waals surface area contributed by atoms with Crippen molar-refractivity contribution in [1.29, 1.82) is 0 Å². The number of carbonyl (C=O) groups excluding carboxylic acids is 2. The normalized spacial score (nSPS) is 13.0. The first-order chi connectivity index (χ1) is 19.3. The highest BCUT2D eigenvalue weighted by molar-refractivity contribution is 7.92. The van der Waals surface area contributed by atoms with Crippen LogP contribution in [0.4, 0.5) is 10.1 Å². The van der Waals surface area contributed by atoms with Crippen LogP contribution in [0.3, 0.4) is 0 Å². The number of anilines is 1. The smallest absolute Gasteiger partial charge is 0.264 e. The average Bonchev–Trinajstić information content (AvgIpc) is 2.95. The molecule has 0 aliphatic carbocycles. The van der Waals surface area contributed by atoms with Gasteiger partial charge in [0.1, 0.15) is 18.4 Å². The summed E-state index contributed by atoms with van der Waals surface area (Å²) < 4.78 is 42.6. The lowest BCUT2D eigenvalue weighted by atomic mass is 10.0. The summed E-state index contributed by atoms with van der Waals surface area (Å²) in [5.41, 5.74) is 2.87. The van der Waals surface area contributed by atoms with E-state index in [0.29, 0.717) is 17.7 Å². The van der Waals surface area contributed by atoms with Gasteiger partial charge in [0.05, 0.1) is 10.6 Å². The van der Waals surface area contributed by atoms with Gasteiger partial charge in [-0.1, -0.05) is 62.7 Å². The second kappa shape index (κ2) is 13.8. The minimum Gasteiger partial charge on any atom is -0.352 e. The maximum atomic E-state index is 14.0. The molecule has 2 atom stereocenters. The Balaban J connectivity index is 2.03. The van der Waals surface area contributed by atoms with E-state index in [4.69, 9.17) is 0 Å². The molecule has 0 unspecified atom stereocenters. The van der Waals surface area contributed by atoms with Gasteiger partial charge in [0.2, 0.25) is 11.8 Å². The largest absolute Gasteiger partial charge is 0.352 e. The first-order valence-electron chi connectivity index (χ1n) is 13.9. The van der Waals surface area contributed by atoms with Gasteiger partial charge in [0, 0.05) is 12.6 Å². The van der Waals surface area contributed by atoms with Crippen molar-refractivity contribution in [3.05, 3.63) is 95.3 Å². The van der Waals surface area contributed by atoms with Crippen molar-refractivity contribution in [3.8, 4) is 0 Å². The minimum atomic E-state index is -4.14. The molecule has 0 aromatic heterocycles. The summed E-state index contributed by atoms with van der Waals surface area (Å²) in [6.45, 7) is 10.8. The second-order valence-corrected chi connectivity index (χ2v) is 12.6. The highest BCUT2D eigenvalue weighted by atomic mass is 32.2. The van der Waals surface area contributed by atoms with Crippen molar-refractivity contribution in [2.45, 2.75) is 77.4 Å². The molecule has 0 fully saturated rings. The predicted octanol–water partition coefficient (Wildman–Crippen LogP) is 5.78. The van der Waals surface area contributed by atoms with Gasteiger partial charge in [-0.2, -0.15) is 0 Å². The SMILES string of the molecule is CC[C@H](C)NC(=O)[C@H](C)N(Cc1ccc(F)cc1)C(=O)CN(c1ccc(C(C)C)cc1)S(=O)(=O)c1ccc(C)cc1. The molecule has 0 bridgehead atoms. The number of nitrogens with zero attached hydrogens (tertiary/aromatic N) is 2. The Bertz CT molecular complexity index is 1420. The summed E-state index contributed by atoms with van der Waals surface area (Å²) >= 11 is 0. The van der Waals surface area contributed by atoms with Crippen LogP contribution in [0.5, 0.6) is 0 Å². The van der Waals surface area contributed by atoms with Crippen molar-refractivity contribution >= 4 is 27.5 Å². The molecule has 41 heavy (non-hydrogen) atoms. The molecular formula is C32H40FN3O4S. The van der Waals surface area contributed by atoms with Crippen molar-refractivity contribution in [3.63, 3.8) is 0 Å². The lowest BCUT2D eigenvalue weighted by molar-refractivity contribution is -0.139. The summed E-state index contributed by atoms with van der Waals surface area (Å²) in [4.78, 5) is 28.5. The van der Waals surface area contributed by atoms with Crippen LogP contribution in [0.2, 0.25) is 0 Å². The molecule has 7 nitrogen and oxygen atoms in total. The molecule has 3 rings (SSSR count). The maximum absolute atomic E-state index is 14.0. The third kappa shape index (κ3) is 8.16. The monoisotopic (exact) mass is 581 g/mol. The van der Waals surface area contributed by atoms with Gasteiger partial charge in [-0.05, 0) is 80.6 Å². The third-order valence-corrected chi connectivity index (χ3v) is 8.96. The van der Waals surface area contributed by atoms with Crippen molar-refractivity contribution in [2.75, 3.05) is 10.8 Å². The topological polar surface area (TPSA) is 86.8 Å². The van der Waals surface area contributed by atoms with E-state index < -0.39 is 34.3 Å². The van der Waals surface area contributed by atoms with Crippen LogP contribution >= 0.6 is 0 Å². The molecule has 0 saturated heterocycles. The second-order valence-electron chi connectivity index (χ2n) is 10.7. The first-order valence-corrected chi connectivity index (χ1v) is 15.3. The van der Waals surface area contributed by atoms with E-state index >= 15 is 0 Å². The van der Waals surface area contributed by atoms with Crippen LogP contribution in [-0.2, 0) is 26.2 Å². The molecule has 2 amide bonds. The van der Waals surface area contributed by atoms with Gasteiger partial charge >= 0.3 is 0 Å². The van der Waals surface area contributed by atoms with E-state index in [2.05, 4.69) is 5.32 Å². The summed E-state index contributed by atoms with van der Waals surface area (Å²) in [6.07, 6.45) is 0.708. The zero-order valence-electron chi connectivity index (χ0n) is 24.6. The molecule has 3 aromatic carbocycles. The Hall–Kier alpha value is -3.72. The summed E-state index contributed by atoms with van der Waals surface area (Å²) in [7, 11) is -4.14. The zero-order valence-corrected chi connectivity index (χ0v) is 25.4. The number of sulfonamides is 1. The molecule has 0 aliphatic heterocycles. The molecule has 1 N–H and O–H groups in total. The molecule has 9 heteroatoms. The number of halogens is 1. The first kappa shape index (κ1) is 31.8. The van der Waals surface area contributed by atoms with Crippen molar-refractivity contribution in [1.82, 2.24) is 10.2 Å². The van der Waals surface area contributed by atoms with Crippen LogP contribution in [0.15, 0.2) is 77.7 Å². The van der Waals surface area contributed by atoms with E-state index in [0.717, 1.165) is 15.4 Å². The lowest BCUT2D eigenvalue weighted by Crippen LogP contribution is -2.52. The number of benzene rings is 3. The fourth-order valence-corrected chi connectivity index (χ4v) is 5.64. The molecule has 0 saturated carbocycles. The minimum absolute atomic E-state index is 0.00108. The van der Waals surface area contributed by atoms with Crippen molar-refractivity contribution in [2.24, 2.45) is 0 Å². The molecule has 0 radical (unpaired) electrons. The highest BCUT2D eigenvalue weighted by Crippen LogP contribution is 2.27. The van der Waals surface area contributed by atoms with Crippen molar-refractivity contribution < 1.29 is 22.4 Å². The average molecular weight is 582 g/mol. The number of nitrogens with one attached hydrogen (secondary N) is 1. The number of hydrogen-bond acceptors (Lipinski definition) is 4. The third-order valence-electron chi connectivity index (χ3n) is 7.17. The van der Waals surface area contributed by atoms with Gasteiger partial charge in [0.25, 0.3) is 10.0 Å². The number of hydrogen-bond donors (Lipinski definition) is 1. The lowest BCUT2D eigenvalue weighted by Gasteiger charge is -2.32. The molecular weight excluding hydrogens is 541 g/mol. The molecule has 0 heterocycles. The Morgan fingerprint density at radius 3 is 2.00 bits per heavy atom. The number of amides is 2. The number of carbonyl (C=O) groups is 2. The summed E-state index contributed by atoms with van der Waals surface area (Å²) in [6, 6.07) is 18.2.